The number of unbranched alkanes of at least 4 members (excludes halogenated alkanes) is 14. The summed E-state index contributed by atoms with van der Waals surface area (Å²) in [7, 11) is 0. The van der Waals surface area contributed by atoms with Gasteiger partial charge in [-0.05, 0) is 6.42 Å². The molecule has 0 unspecified atom stereocenters. The number of carboxylic acid groups (broad SMARTS) is 1. The third-order valence-corrected chi connectivity index (χ3v) is 4.56. The van der Waals surface area contributed by atoms with Crippen LogP contribution in [0.15, 0.2) is 12.2 Å². The molecule has 0 aromatic carbocycles. The lowest BCUT2D eigenvalue weighted by Crippen LogP contribution is -2.09. The highest BCUT2D eigenvalue weighted by atomic mass is 17.2. The van der Waals surface area contributed by atoms with Gasteiger partial charge in [0.1, 0.15) is 0 Å². The van der Waals surface area contributed by atoms with Crippen LogP contribution in [0.4, 0.5) is 0 Å². The third-order valence-electron chi connectivity index (χ3n) is 4.56. The molecule has 0 spiro atoms. The van der Waals surface area contributed by atoms with E-state index in [9.17, 15) is 14.4 Å². The van der Waals surface area contributed by atoms with Gasteiger partial charge in [0, 0.05) is 12.2 Å². The fourth-order valence-electron chi connectivity index (χ4n) is 2.94. The lowest BCUT2D eigenvalue weighted by Gasteiger charge is -2.03. The van der Waals surface area contributed by atoms with E-state index in [-0.39, 0.29) is 6.42 Å². The molecular weight excluding hydrogens is 360 g/mol. The molecular formula is C22H38O6. The minimum absolute atomic E-state index is 0.189. The highest BCUT2D eigenvalue weighted by Gasteiger charge is 2.07. The Balaban J connectivity index is 3.29. The molecule has 0 radical (unpaired) electrons. The van der Waals surface area contributed by atoms with Gasteiger partial charge in [0.2, 0.25) is 0 Å². The summed E-state index contributed by atoms with van der Waals surface area (Å²) < 4.78 is 0. The molecule has 6 heteroatoms. The van der Waals surface area contributed by atoms with Crippen molar-refractivity contribution in [2.24, 2.45) is 0 Å². The molecule has 0 bridgehead atoms. The molecule has 0 heterocycles. The highest BCUT2D eigenvalue weighted by molar-refractivity contribution is 5.90. The van der Waals surface area contributed by atoms with Gasteiger partial charge >= 0.3 is 17.9 Å². The molecule has 1 N–H and O–H groups in total. The van der Waals surface area contributed by atoms with Gasteiger partial charge in [0.25, 0.3) is 0 Å². The maximum Gasteiger partial charge on any atom is 0.379 e. The zero-order valence-corrected chi connectivity index (χ0v) is 17.5. The Kier molecular flexibility index (Phi) is 18.6. The summed E-state index contributed by atoms with van der Waals surface area (Å²) in [4.78, 5) is 41.1. The van der Waals surface area contributed by atoms with Crippen LogP contribution in [0, 0.1) is 0 Å². The Labute approximate surface area is 169 Å². The van der Waals surface area contributed by atoms with Crippen LogP contribution in [-0.2, 0) is 24.2 Å². The number of carboxylic acids is 1. The standard InChI is InChI=1S/C22H38O6/c1-2-3-4-5-6-7-8-9-10-11-12-13-14-15-16-17-21(25)27-28-22(26)19-18-20(23)24/h18-19H,2-17H2,1H3,(H,23,24)/b19-18+. The van der Waals surface area contributed by atoms with Gasteiger partial charge in [0.15, 0.2) is 0 Å². The number of aliphatic carboxylic acids is 1. The van der Waals surface area contributed by atoms with E-state index in [2.05, 4.69) is 16.7 Å². The molecule has 6 nitrogen and oxygen atoms in total. The van der Waals surface area contributed by atoms with Crippen LogP contribution in [0.2, 0.25) is 0 Å². The predicted molar refractivity (Wildman–Crippen MR) is 109 cm³/mol. The van der Waals surface area contributed by atoms with Crippen molar-refractivity contribution in [3.63, 3.8) is 0 Å². The van der Waals surface area contributed by atoms with E-state index in [0.717, 1.165) is 12.8 Å². The molecule has 0 aliphatic heterocycles. The fourth-order valence-corrected chi connectivity index (χ4v) is 2.94. The zero-order chi connectivity index (χ0) is 20.9. The molecule has 0 aromatic heterocycles. The van der Waals surface area contributed by atoms with E-state index in [1.54, 1.807) is 0 Å². The minimum atomic E-state index is -1.28. The van der Waals surface area contributed by atoms with Crippen LogP contribution in [0.25, 0.3) is 0 Å². The van der Waals surface area contributed by atoms with Crippen LogP contribution in [0.5, 0.6) is 0 Å². The zero-order valence-electron chi connectivity index (χ0n) is 17.5. The van der Waals surface area contributed by atoms with Crippen molar-refractivity contribution in [2.45, 2.75) is 110 Å². The number of rotatable bonds is 18. The van der Waals surface area contributed by atoms with Crippen molar-refractivity contribution in [1.82, 2.24) is 0 Å². The summed E-state index contributed by atoms with van der Waals surface area (Å²) >= 11 is 0. The largest absolute Gasteiger partial charge is 0.478 e. The summed E-state index contributed by atoms with van der Waals surface area (Å²) in [6.07, 6.45) is 20.2. The lowest BCUT2D eigenvalue weighted by atomic mass is 10.0. The van der Waals surface area contributed by atoms with Gasteiger partial charge in [-0.15, -0.1) is 0 Å². The molecule has 28 heavy (non-hydrogen) atoms. The van der Waals surface area contributed by atoms with Crippen LogP contribution in [0.1, 0.15) is 110 Å². The van der Waals surface area contributed by atoms with E-state index < -0.39 is 17.9 Å². The van der Waals surface area contributed by atoms with E-state index in [1.165, 1.54) is 77.0 Å². The van der Waals surface area contributed by atoms with Crippen LogP contribution in [-0.4, -0.2) is 23.0 Å². The molecule has 0 amide bonds. The Morgan fingerprint density at radius 2 is 1.07 bits per heavy atom. The van der Waals surface area contributed by atoms with Crippen molar-refractivity contribution in [3.05, 3.63) is 12.2 Å². The maximum atomic E-state index is 11.4. The summed E-state index contributed by atoms with van der Waals surface area (Å²) in [5.74, 6) is -2.92. The first-order valence-corrected chi connectivity index (χ1v) is 10.9. The topological polar surface area (TPSA) is 89.9 Å². The molecule has 0 fully saturated rings. The van der Waals surface area contributed by atoms with Crippen molar-refractivity contribution in [3.8, 4) is 0 Å². The van der Waals surface area contributed by atoms with Crippen molar-refractivity contribution in [1.29, 1.82) is 0 Å². The van der Waals surface area contributed by atoms with Crippen molar-refractivity contribution in [2.75, 3.05) is 0 Å². The summed E-state index contributed by atoms with van der Waals surface area (Å²) in [6, 6.07) is 0. The Morgan fingerprint density at radius 1 is 0.643 bits per heavy atom. The smallest absolute Gasteiger partial charge is 0.379 e. The number of hydrogen-bond donors (Lipinski definition) is 1. The molecule has 0 saturated heterocycles. The van der Waals surface area contributed by atoms with Gasteiger partial charge in [-0.1, -0.05) is 96.8 Å². The Morgan fingerprint density at radius 3 is 1.50 bits per heavy atom. The van der Waals surface area contributed by atoms with Gasteiger partial charge in [-0.3, -0.25) is 0 Å². The molecule has 0 saturated carbocycles. The van der Waals surface area contributed by atoms with Crippen LogP contribution in [0.3, 0.4) is 0 Å². The molecule has 0 aromatic rings. The van der Waals surface area contributed by atoms with Gasteiger partial charge in [-0.2, -0.15) is 0 Å². The molecule has 0 aliphatic rings. The summed E-state index contributed by atoms with van der Waals surface area (Å²) in [5.41, 5.74) is 0. The average Bonchev–Trinajstić information content (AvgIpc) is 2.67. The second-order valence-electron chi connectivity index (χ2n) is 7.23. The second kappa shape index (κ2) is 19.9. The average molecular weight is 399 g/mol. The SMILES string of the molecule is CCCCCCCCCCCCCCCCCC(=O)OOC(=O)/C=C/C(=O)O. The lowest BCUT2D eigenvalue weighted by molar-refractivity contribution is -0.255. The van der Waals surface area contributed by atoms with Crippen LogP contribution < -0.4 is 0 Å². The van der Waals surface area contributed by atoms with Gasteiger partial charge in [-0.25, -0.2) is 24.2 Å². The maximum absolute atomic E-state index is 11.4. The molecule has 162 valence electrons. The van der Waals surface area contributed by atoms with Crippen molar-refractivity contribution < 1.29 is 29.3 Å². The van der Waals surface area contributed by atoms with E-state index in [1.807, 2.05) is 0 Å². The quantitative estimate of drug-likeness (QED) is 0.134. The van der Waals surface area contributed by atoms with E-state index in [0.29, 0.717) is 18.6 Å². The molecule has 0 rings (SSSR count). The minimum Gasteiger partial charge on any atom is -0.478 e. The number of hydrogen-bond acceptors (Lipinski definition) is 5. The normalized spacial score (nSPS) is 10.9. The highest BCUT2D eigenvalue weighted by Crippen LogP contribution is 2.13. The number of carbonyl (C=O) groups is 3. The first-order valence-electron chi connectivity index (χ1n) is 10.9. The first-order chi connectivity index (χ1) is 13.6. The van der Waals surface area contributed by atoms with Crippen LogP contribution >= 0.6 is 0 Å². The van der Waals surface area contributed by atoms with E-state index >= 15 is 0 Å². The summed E-state index contributed by atoms with van der Waals surface area (Å²) in [5, 5.41) is 8.34. The Bertz CT molecular complexity index is 444. The molecule has 0 aliphatic carbocycles. The van der Waals surface area contributed by atoms with Gasteiger partial charge < -0.3 is 5.11 Å². The predicted octanol–water partition coefficient (Wildman–Crippen LogP) is 5.89. The van der Waals surface area contributed by atoms with Gasteiger partial charge in [0.05, 0.1) is 6.42 Å². The Hall–Kier alpha value is -1.85. The number of carbonyl (C=O) groups excluding carboxylic acids is 2. The molecule has 0 atom stereocenters. The third kappa shape index (κ3) is 20.5. The second-order valence-corrected chi connectivity index (χ2v) is 7.23. The fraction of sp³-hybridized carbons (Fsp3) is 0.773. The van der Waals surface area contributed by atoms with E-state index in [4.69, 9.17) is 5.11 Å². The van der Waals surface area contributed by atoms with Crippen molar-refractivity contribution >= 4 is 17.9 Å². The monoisotopic (exact) mass is 398 g/mol. The first kappa shape index (κ1) is 26.1. The summed E-state index contributed by atoms with van der Waals surface area (Å²) in [6.45, 7) is 2.25.